The van der Waals surface area contributed by atoms with E-state index in [0.29, 0.717) is 17.1 Å². The van der Waals surface area contributed by atoms with Crippen molar-refractivity contribution in [3.8, 4) is 5.75 Å². The van der Waals surface area contributed by atoms with Crippen molar-refractivity contribution in [2.24, 2.45) is 5.92 Å². The normalized spacial score (nSPS) is 17.4. The van der Waals surface area contributed by atoms with E-state index >= 15 is 0 Å². The number of ether oxygens (including phenoxy) is 1. The number of rotatable bonds is 7. The standard InChI is InChI=1S/C22H27N3O5S/c1-14-8-9-20(30-3)19(10-14)25-13-17(12-21(25)26)22(27)23-15(2)16-6-5-7-18(11-16)24-31(4,28)29/h5-11,15,17,24H,12-13H2,1-4H3,(H,23,27). The lowest BCUT2D eigenvalue weighted by molar-refractivity contribution is -0.126. The second-order valence-corrected chi connectivity index (χ2v) is 9.56. The van der Waals surface area contributed by atoms with E-state index in [9.17, 15) is 18.0 Å². The molecule has 1 fully saturated rings. The van der Waals surface area contributed by atoms with E-state index < -0.39 is 15.9 Å². The molecule has 0 bridgehead atoms. The van der Waals surface area contributed by atoms with E-state index in [0.717, 1.165) is 17.4 Å². The van der Waals surface area contributed by atoms with Gasteiger partial charge in [-0.25, -0.2) is 8.42 Å². The number of amides is 2. The second-order valence-electron chi connectivity index (χ2n) is 7.81. The molecular weight excluding hydrogens is 418 g/mol. The Balaban J connectivity index is 1.70. The van der Waals surface area contributed by atoms with Crippen molar-refractivity contribution >= 4 is 33.2 Å². The molecule has 0 aliphatic carbocycles. The maximum atomic E-state index is 12.9. The van der Waals surface area contributed by atoms with Gasteiger partial charge in [-0.05, 0) is 49.2 Å². The van der Waals surface area contributed by atoms with Crippen molar-refractivity contribution in [1.82, 2.24) is 5.32 Å². The van der Waals surface area contributed by atoms with Crippen LogP contribution < -0.4 is 19.7 Å². The van der Waals surface area contributed by atoms with Gasteiger partial charge in [0.25, 0.3) is 0 Å². The Morgan fingerprint density at radius 3 is 2.65 bits per heavy atom. The zero-order valence-corrected chi connectivity index (χ0v) is 18.8. The first-order chi connectivity index (χ1) is 14.6. The zero-order valence-electron chi connectivity index (χ0n) is 18.0. The van der Waals surface area contributed by atoms with Crippen LogP contribution >= 0.6 is 0 Å². The molecule has 166 valence electrons. The number of nitrogens with zero attached hydrogens (tertiary/aromatic N) is 1. The van der Waals surface area contributed by atoms with Crippen molar-refractivity contribution in [2.45, 2.75) is 26.3 Å². The number of benzene rings is 2. The van der Waals surface area contributed by atoms with Gasteiger partial charge in [-0.15, -0.1) is 0 Å². The highest BCUT2D eigenvalue weighted by Crippen LogP contribution is 2.34. The van der Waals surface area contributed by atoms with Crippen molar-refractivity contribution in [2.75, 3.05) is 29.5 Å². The first-order valence-corrected chi connectivity index (χ1v) is 11.8. The van der Waals surface area contributed by atoms with E-state index in [-0.39, 0.29) is 30.8 Å². The summed E-state index contributed by atoms with van der Waals surface area (Å²) in [4.78, 5) is 27.1. The maximum absolute atomic E-state index is 12.9. The number of sulfonamides is 1. The molecule has 0 radical (unpaired) electrons. The molecule has 0 saturated carbocycles. The van der Waals surface area contributed by atoms with Crippen LogP contribution in [0.15, 0.2) is 42.5 Å². The van der Waals surface area contributed by atoms with Gasteiger partial charge in [0.05, 0.1) is 31.0 Å². The first-order valence-electron chi connectivity index (χ1n) is 9.90. The SMILES string of the molecule is COc1ccc(C)cc1N1CC(C(=O)NC(C)c2cccc(NS(C)(=O)=O)c2)CC1=O. The third kappa shape index (κ3) is 5.55. The second kappa shape index (κ2) is 8.97. The third-order valence-electron chi connectivity index (χ3n) is 5.17. The van der Waals surface area contributed by atoms with Crippen LogP contribution in [0, 0.1) is 12.8 Å². The molecule has 0 aromatic heterocycles. The summed E-state index contributed by atoms with van der Waals surface area (Å²) in [6, 6.07) is 12.1. The molecule has 1 aliphatic heterocycles. The number of aryl methyl sites for hydroxylation is 1. The van der Waals surface area contributed by atoms with E-state index in [4.69, 9.17) is 4.74 Å². The lowest BCUT2D eigenvalue weighted by atomic mass is 10.0. The summed E-state index contributed by atoms with van der Waals surface area (Å²) in [7, 11) is -1.84. The highest BCUT2D eigenvalue weighted by Gasteiger charge is 2.36. The van der Waals surface area contributed by atoms with Gasteiger partial charge in [0.1, 0.15) is 5.75 Å². The number of anilines is 2. The van der Waals surface area contributed by atoms with Crippen LogP contribution in [-0.2, 0) is 19.6 Å². The van der Waals surface area contributed by atoms with Crippen molar-refractivity contribution < 1.29 is 22.7 Å². The van der Waals surface area contributed by atoms with Crippen LogP contribution in [0.1, 0.15) is 30.5 Å². The Kier molecular flexibility index (Phi) is 6.54. The molecule has 3 rings (SSSR count). The van der Waals surface area contributed by atoms with Crippen LogP contribution in [-0.4, -0.2) is 40.1 Å². The Morgan fingerprint density at radius 1 is 1.23 bits per heavy atom. The Labute approximate surface area is 182 Å². The van der Waals surface area contributed by atoms with Gasteiger partial charge in [-0.1, -0.05) is 18.2 Å². The average molecular weight is 446 g/mol. The van der Waals surface area contributed by atoms with E-state index in [2.05, 4.69) is 10.0 Å². The van der Waals surface area contributed by atoms with E-state index in [1.807, 2.05) is 38.1 Å². The van der Waals surface area contributed by atoms with E-state index in [1.165, 1.54) is 0 Å². The lowest BCUT2D eigenvalue weighted by Crippen LogP contribution is -2.34. The molecule has 2 aromatic carbocycles. The molecule has 2 amide bonds. The molecule has 1 aliphatic rings. The van der Waals surface area contributed by atoms with Gasteiger partial charge < -0.3 is 15.0 Å². The molecule has 9 heteroatoms. The van der Waals surface area contributed by atoms with E-state index in [1.54, 1.807) is 30.2 Å². The van der Waals surface area contributed by atoms with Gasteiger partial charge in [0, 0.05) is 18.7 Å². The Morgan fingerprint density at radius 2 is 1.97 bits per heavy atom. The van der Waals surface area contributed by atoms with Crippen LogP contribution in [0.25, 0.3) is 0 Å². The molecule has 0 spiro atoms. The maximum Gasteiger partial charge on any atom is 0.229 e. The van der Waals surface area contributed by atoms with Gasteiger partial charge >= 0.3 is 0 Å². The van der Waals surface area contributed by atoms with Gasteiger partial charge in [0.15, 0.2) is 0 Å². The van der Waals surface area contributed by atoms with Crippen LogP contribution in [0.3, 0.4) is 0 Å². The molecule has 2 aromatic rings. The number of hydrogen-bond donors (Lipinski definition) is 2. The minimum Gasteiger partial charge on any atom is -0.495 e. The third-order valence-corrected chi connectivity index (χ3v) is 5.78. The first kappa shape index (κ1) is 22.6. The minimum absolute atomic E-state index is 0.116. The summed E-state index contributed by atoms with van der Waals surface area (Å²) >= 11 is 0. The fourth-order valence-corrected chi connectivity index (χ4v) is 4.18. The monoisotopic (exact) mass is 445 g/mol. The van der Waals surface area contributed by atoms with Crippen molar-refractivity contribution in [1.29, 1.82) is 0 Å². The molecular formula is C22H27N3O5S. The summed E-state index contributed by atoms with van der Waals surface area (Å²) in [6.07, 6.45) is 1.20. The smallest absolute Gasteiger partial charge is 0.229 e. The molecule has 31 heavy (non-hydrogen) atoms. The molecule has 2 atom stereocenters. The highest BCUT2D eigenvalue weighted by atomic mass is 32.2. The van der Waals surface area contributed by atoms with Crippen LogP contribution in [0.2, 0.25) is 0 Å². The summed E-state index contributed by atoms with van der Waals surface area (Å²) in [5, 5.41) is 2.93. The fraction of sp³-hybridized carbons (Fsp3) is 0.364. The summed E-state index contributed by atoms with van der Waals surface area (Å²) in [5.41, 5.74) is 2.83. The average Bonchev–Trinajstić information content (AvgIpc) is 3.08. The largest absolute Gasteiger partial charge is 0.495 e. The number of nitrogens with one attached hydrogen (secondary N) is 2. The summed E-state index contributed by atoms with van der Waals surface area (Å²) in [5.74, 6) is -0.256. The predicted octanol–water partition coefficient (Wildman–Crippen LogP) is 2.61. The number of carbonyl (C=O) groups excluding carboxylic acids is 2. The molecule has 8 nitrogen and oxygen atoms in total. The van der Waals surface area contributed by atoms with Crippen LogP contribution in [0.5, 0.6) is 5.75 Å². The van der Waals surface area contributed by atoms with Crippen molar-refractivity contribution in [3.05, 3.63) is 53.6 Å². The topological polar surface area (TPSA) is 105 Å². The Hall–Kier alpha value is -3.07. The highest BCUT2D eigenvalue weighted by molar-refractivity contribution is 7.92. The Bertz CT molecular complexity index is 1100. The fourth-order valence-electron chi connectivity index (χ4n) is 3.63. The summed E-state index contributed by atoms with van der Waals surface area (Å²) in [6.45, 7) is 4.02. The van der Waals surface area contributed by atoms with Crippen LogP contribution in [0.4, 0.5) is 11.4 Å². The summed E-state index contributed by atoms with van der Waals surface area (Å²) < 4.78 is 30.7. The lowest BCUT2D eigenvalue weighted by Gasteiger charge is -2.21. The molecule has 1 saturated heterocycles. The number of carbonyl (C=O) groups is 2. The quantitative estimate of drug-likeness (QED) is 0.682. The van der Waals surface area contributed by atoms with Gasteiger partial charge in [-0.3, -0.25) is 14.3 Å². The molecule has 2 unspecified atom stereocenters. The molecule has 1 heterocycles. The predicted molar refractivity (Wildman–Crippen MR) is 120 cm³/mol. The zero-order chi connectivity index (χ0) is 22.8. The number of methoxy groups -OCH3 is 1. The van der Waals surface area contributed by atoms with Crippen molar-refractivity contribution in [3.63, 3.8) is 0 Å². The van der Waals surface area contributed by atoms with Gasteiger partial charge in [-0.2, -0.15) is 0 Å². The molecule has 2 N–H and O–H groups in total. The van der Waals surface area contributed by atoms with Gasteiger partial charge in [0.2, 0.25) is 21.8 Å². The minimum atomic E-state index is -3.39. The number of hydrogen-bond acceptors (Lipinski definition) is 5.